The minimum Gasteiger partial charge on any atom is -0.376 e. The number of nitrogens with zero attached hydrogens (tertiary/aromatic N) is 1. The van der Waals surface area contributed by atoms with E-state index in [1.807, 2.05) is 12.3 Å². The van der Waals surface area contributed by atoms with Crippen LogP contribution in [0.3, 0.4) is 0 Å². The lowest BCUT2D eigenvalue weighted by molar-refractivity contribution is 0.629. The zero-order valence-corrected chi connectivity index (χ0v) is 11.0. The van der Waals surface area contributed by atoms with Gasteiger partial charge in [-0.3, -0.25) is 0 Å². The number of nitrogens with one attached hydrogen (secondary N) is 1. The molecule has 16 heavy (non-hydrogen) atoms. The molecule has 84 valence electrons. The molecule has 2 rings (SSSR count). The van der Waals surface area contributed by atoms with Crippen LogP contribution >= 0.6 is 27.3 Å². The summed E-state index contributed by atoms with van der Waals surface area (Å²) in [6.07, 6.45) is 0. The monoisotopic (exact) mass is 300 g/mol. The molecule has 0 radical (unpaired) electrons. The Hall–Kier alpha value is -0.940. The normalized spacial score (nSPS) is 10.4. The molecule has 2 nitrogen and oxygen atoms in total. The fraction of sp³-hybridized carbons (Fsp3) is 0.182. The summed E-state index contributed by atoms with van der Waals surface area (Å²) in [6.45, 7) is 2.48. The van der Waals surface area contributed by atoms with E-state index in [4.69, 9.17) is 0 Å². The highest BCUT2D eigenvalue weighted by molar-refractivity contribution is 9.10. The number of halogens is 2. The maximum absolute atomic E-state index is 13.4. The average molecular weight is 301 g/mol. The second-order valence-electron chi connectivity index (χ2n) is 3.31. The van der Waals surface area contributed by atoms with E-state index < -0.39 is 0 Å². The Labute approximate surface area is 106 Å². The number of aryl methyl sites for hydroxylation is 1. The number of anilines is 1. The number of aromatic nitrogens is 1. The second kappa shape index (κ2) is 4.93. The molecule has 0 fully saturated rings. The van der Waals surface area contributed by atoms with E-state index in [9.17, 15) is 4.39 Å². The molecule has 5 heteroatoms. The van der Waals surface area contributed by atoms with Crippen molar-refractivity contribution in [2.45, 2.75) is 13.5 Å². The Balaban J connectivity index is 2.10. The van der Waals surface area contributed by atoms with E-state index in [0.717, 1.165) is 15.2 Å². The van der Waals surface area contributed by atoms with E-state index in [1.165, 1.54) is 6.07 Å². The fourth-order valence-corrected chi connectivity index (χ4v) is 2.43. The first-order chi connectivity index (χ1) is 7.66. The Morgan fingerprint density at radius 1 is 1.50 bits per heavy atom. The van der Waals surface area contributed by atoms with Crippen LogP contribution in [0.15, 0.2) is 28.1 Å². The van der Waals surface area contributed by atoms with E-state index in [0.29, 0.717) is 12.2 Å². The van der Waals surface area contributed by atoms with Gasteiger partial charge in [-0.05, 0) is 35.0 Å². The average Bonchev–Trinajstić information content (AvgIpc) is 2.63. The molecule has 0 spiro atoms. The third-order valence-electron chi connectivity index (χ3n) is 2.08. The highest BCUT2D eigenvalue weighted by atomic mass is 79.9. The quantitative estimate of drug-likeness (QED) is 0.928. The minimum atomic E-state index is -0.263. The molecule has 1 aromatic carbocycles. The number of para-hydroxylation sites is 1. The molecule has 0 aliphatic carbocycles. The summed E-state index contributed by atoms with van der Waals surface area (Å²) in [6, 6.07) is 4.90. The van der Waals surface area contributed by atoms with Crippen LogP contribution in [0.1, 0.15) is 10.7 Å². The molecule has 0 aliphatic heterocycles. The van der Waals surface area contributed by atoms with Gasteiger partial charge in [0.25, 0.3) is 0 Å². The number of hydrogen-bond donors (Lipinski definition) is 1. The predicted octanol–water partition coefficient (Wildman–Crippen LogP) is 3.97. The molecular weight excluding hydrogens is 291 g/mol. The van der Waals surface area contributed by atoms with Crippen LogP contribution in [0, 0.1) is 12.7 Å². The van der Waals surface area contributed by atoms with Crippen molar-refractivity contribution < 1.29 is 4.39 Å². The molecule has 0 saturated heterocycles. The van der Waals surface area contributed by atoms with E-state index >= 15 is 0 Å². The van der Waals surface area contributed by atoms with Gasteiger partial charge in [-0.15, -0.1) is 11.3 Å². The molecule has 0 saturated carbocycles. The number of hydrogen-bond acceptors (Lipinski definition) is 3. The number of rotatable bonds is 3. The summed E-state index contributed by atoms with van der Waals surface area (Å²) in [4.78, 5) is 4.30. The molecule has 1 heterocycles. The van der Waals surface area contributed by atoms with Crippen LogP contribution in [0.5, 0.6) is 0 Å². The molecule has 0 bridgehead atoms. The van der Waals surface area contributed by atoms with Gasteiger partial charge in [0.05, 0.1) is 22.9 Å². The van der Waals surface area contributed by atoms with Crippen molar-refractivity contribution in [2.24, 2.45) is 0 Å². The van der Waals surface area contributed by atoms with Crippen molar-refractivity contribution in [3.05, 3.63) is 44.6 Å². The third-order valence-corrected chi connectivity index (χ3v) is 3.56. The van der Waals surface area contributed by atoms with Gasteiger partial charge in [0.1, 0.15) is 5.82 Å². The molecule has 1 N–H and O–H groups in total. The standard InChI is InChI=1S/C11H10BrFN2S/c1-7-15-8(6-16-7)5-14-11-9(12)3-2-4-10(11)13/h2-4,6,14H,5H2,1H3. The maximum atomic E-state index is 13.4. The first-order valence-electron chi connectivity index (χ1n) is 4.75. The van der Waals surface area contributed by atoms with E-state index in [1.54, 1.807) is 23.5 Å². The van der Waals surface area contributed by atoms with Gasteiger partial charge in [-0.25, -0.2) is 9.37 Å². The predicted molar refractivity (Wildman–Crippen MR) is 68.3 cm³/mol. The van der Waals surface area contributed by atoms with Gasteiger partial charge in [-0.1, -0.05) is 6.07 Å². The van der Waals surface area contributed by atoms with Crippen molar-refractivity contribution in [1.82, 2.24) is 4.98 Å². The lowest BCUT2D eigenvalue weighted by Crippen LogP contribution is -2.02. The largest absolute Gasteiger partial charge is 0.376 e. The molecule has 0 aliphatic rings. The van der Waals surface area contributed by atoms with Gasteiger partial charge >= 0.3 is 0 Å². The summed E-state index contributed by atoms with van der Waals surface area (Å²) in [5, 5.41) is 6.02. The Morgan fingerprint density at radius 2 is 2.31 bits per heavy atom. The van der Waals surface area contributed by atoms with E-state index in [2.05, 4.69) is 26.2 Å². The summed E-state index contributed by atoms with van der Waals surface area (Å²) < 4.78 is 14.2. The van der Waals surface area contributed by atoms with Crippen molar-refractivity contribution in [3.63, 3.8) is 0 Å². The Morgan fingerprint density at radius 3 is 2.94 bits per heavy atom. The minimum absolute atomic E-state index is 0.263. The molecule has 0 atom stereocenters. The zero-order valence-electron chi connectivity index (χ0n) is 8.63. The summed E-state index contributed by atoms with van der Waals surface area (Å²) in [5.41, 5.74) is 1.41. The SMILES string of the molecule is Cc1nc(CNc2c(F)cccc2Br)cs1. The van der Waals surface area contributed by atoms with Crippen LogP contribution in [-0.4, -0.2) is 4.98 Å². The van der Waals surface area contributed by atoms with Gasteiger partial charge in [0.2, 0.25) is 0 Å². The Kier molecular flexibility index (Phi) is 3.56. The topological polar surface area (TPSA) is 24.9 Å². The fourth-order valence-electron chi connectivity index (χ4n) is 1.34. The summed E-state index contributed by atoms with van der Waals surface area (Å²) >= 11 is 4.90. The van der Waals surface area contributed by atoms with Crippen LogP contribution in [0.4, 0.5) is 10.1 Å². The zero-order chi connectivity index (χ0) is 11.5. The van der Waals surface area contributed by atoms with Crippen LogP contribution < -0.4 is 5.32 Å². The lowest BCUT2D eigenvalue weighted by atomic mass is 10.3. The van der Waals surface area contributed by atoms with Crippen LogP contribution in [0.25, 0.3) is 0 Å². The highest BCUT2D eigenvalue weighted by Crippen LogP contribution is 2.25. The van der Waals surface area contributed by atoms with Gasteiger partial charge in [-0.2, -0.15) is 0 Å². The van der Waals surface area contributed by atoms with Crippen molar-refractivity contribution in [3.8, 4) is 0 Å². The second-order valence-corrected chi connectivity index (χ2v) is 5.22. The van der Waals surface area contributed by atoms with Crippen LogP contribution in [0.2, 0.25) is 0 Å². The van der Waals surface area contributed by atoms with Gasteiger partial charge in [0, 0.05) is 9.85 Å². The molecule has 0 unspecified atom stereocenters. The molecular formula is C11H10BrFN2S. The summed E-state index contributed by atoms with van der Waals surface area (Å²) in [7, 11) is 0. The first kappa shape index (κ1) is 11.5. The number of thiazole rings is 1. The first-order valence-corrected chi connectivity index (χ1v) is 6.43. The molecule has 2 aromatic rings. The molecule has 1 aromatic heterocycles. The van der Waals surface area contributed by atoms with Crippen molar-refractivity contribution in [2.75, 3.05) is 5.32 Å². The maximum Gasteiger partial charge on any atom is 0.147 e. The lowest BCUT2D eigenvalue weighted by Gasteiger charge is -2.07. The van der Waals surface area contributed by atoms with Gasteiger partial charge < -0.3 is 5.32 Å². The molecule has 0 amide bonds. The van der Waals surface area contributed by atoms with E-state index in [-0.39, 0.29) is 5.82 Å². The van der Waals surface area contributed by atoms with Crippen molar-refractivity contribution >= 4 is 33.0 Å². The third kappa shape index (κ3) is 2.59. The Bertz CT molecular complexity index is 478. The van der Waals surface area contributed by atoms with Gasteiger partial charge in [0.15, 0.2) is 0 Å². The van der Waals surface area contributed by atoms with Crippen LogP contribution in [-0.2, 0) is 6.54 Å². The summed E-state index contributed by atoms with van der Waals surface area (Å²) in [5.74, 6) is -0.263. The number of benzene rings is 1. The van der Waals surface area contributed by atoms with Crippen molar-refractivity contribution in [1.29, 1.82) is 0 Å². The highest BCUT2D eigenvalue weighted by Gasteiger charge is 2.06. The smallest absolute Gasteiger partial charge is 0.147 e.